The van der Waals surface area contributed by atoms with Crippen LogP contribution in [0.25, 0.3) is 0 Å². The van der Waals surface area contributed by atoms with Gasteiger partial charge in [-0.05, 0) is 24.0 Å². The Balaban J connectivity index is 2.22. The summed E-state index contributed by atoms with van der Waals surface area (Å²) in [6.07, 6.45) is 3.23. The number of carboxylic acids is 1. The highest BCUT2D eigenvalue weighted by Gasteiger charge is 2.45. The lowest BCUT2D eigenvalue weighted by atomic mass is 9.84. The van der Waals surface area contributed by atoms with Gasteiger partial charge in [-0.1, -0.05) is 38.1 Å². The Labute approximate surface area is 126 Å². The molecule has 21 heavy (non-hydrogen) atoms. The number of sulfone groups is 1. The van der Waals surface area contributed by atoms with Gasteiger partial charge in [0.15, 0.2) is 0 Å². The molecule has 1 fully saturated rings. The van der Waals surface area contributed by atoms with Gasteiger partial charge in [0, 0.05) is 17.1 Å². The first kappa shape index (κ1) is 16.0. The number of hydrogen-bond donors (Lipinski definition) is 1. The molecule has 0 bridgehead atoms. The van der Waals surface area contributed by atoms with E-state index in [2.05, 4.69) is 0 Å². The first-order chi connectivity index (χ1) is 9.54. The van der Waals surface area contributed by atoms with Crippen LogP contribution in [0.1, 0.15) is 44.2 Å². The summed E-state index contributed by atoms with van der Waals surface area (Å²) in [5.41, 5.74) is 1.35. The Bertz CT molecular complexity index is 637. The summed E-state index contributed by atoms with van der Waals surface area (Å²) in [6, 6.07) is 7.77. The summed E-state index contributed by atoms with van der Waals surface area (Å²) in [6.45, 7) is 3.82. The number of hydrogen-bond acceptors (Lipinski definition) is 3. The van der Waals surface area contributed by atoms with Gasteiger partial charge in [-0.25, -0.2) is 8.42 Å². The van der Waals surface area contributed by atoms with E-state index in [4.69, 9.17) is 5.11 Å². The van der Waals surface area contributed by atoms with Gasteiger partial charge in [-0.15, -0.1) is 0 Å². The van der Waals surface area contributed by atoms with Crippen LogP contribution in [0, 0.1) is 0 Å². The van der Waals surface area contributed by atoms with E-state index < -0.39 is 21.2 Å². The third-order valence-corrected chi connectivity index (χ3v) is 5.49. The molecule has 0 spiro atoms. The second kappa shape index (κ2) is 5.13. The maximum atomic E-state index is 11.5. The van der Waals surface area contributed by atoms with E-state index in [1.807, 2.05) is 38.1 Å². The maximum absolute atomic E-state index is 11.5. The number of rotatable bonds is 6. The van der Waals surface area contributed by atoms with Gasteiger partial charge in [0.1, 0.15) is 9.84 Å². The van der Waals surface area contributed by atoms with E-state index in [0.29, 0.717) is 0 Å². The maximum Gasteiger partial charge on any atom is 0.304 e. The zero-order valence-corrected chi connectivity index (χ0v) is 13.5. The lowest BCUT2D eigenvalue weighted by Crippen LogP contribution is -2.27. The van der Waals surface area contributed by atoms with Crippen molar-refractivity contribution >= 4 is 15.8 Å². The van der Waals surface area contributed by atoms with Crippen molar-refractivity contribution in [1.29, 1.82) is 0 Å². The number of aliphatic carboxylic acids is 1. The Morgan fingerprint density at radius 3 is 2.14 bits per heavy atom. The highest BCUT2D eigenvalue weighted by molar-refractivity contribution is 7.90. The minimum Gasteiger partial charge on any atom is -0.481 e. The fraction of sp³-hybridized carbons (Fsp3) is 0.562. The SMILES string of the molecule is CC(C)(CS(C)(=O)=O)c1ccc(C2(CC(=O)O)CC2)cc1. The van der Waals surface area contributed by atoms with E-state index in [1.54, 1.807) is 0 Å². The highest BCUT2D eigenvalue weighted by atomic mass is 32.2. The smallest absolute Gasteiger partial charge is 0.304 e. The zero-order chi connectivity index (χ0) is 15.9. The second-order valence-electron chi connectivity index (χ2n) is 6.88. The van der Waals surface area contributed by atoms with E-state index in [0.717, 1.165) is 24.0 Å². The molecule has 0 saturated heterocycles. The molecule has 5 heteroatoms. The Morgan fingerprint density at radius 1 is 1.24 bits per heavy atom. The van der Waals surface area contributed by atoms with Crippen LogP contribution < -0.4 is 0 Å². The quantitative estimate of drug-likeness (QED) is 0.876. The zero-order valence-electron chi connectivity index (χ0n) is 12.7. The highest BCUT2D eigenvalue weighted by Crippen LogP contribution is 2.51. The fourth-order valence-electron chi connectivity index (χ4n) is 3.02. The molecule has 0 heterocycles. The van der Waals surface area contributed by atoms with Crippen LogP contribution in [0.4, 0.5) is 0 Å². The van der Waals surface area contributed by atoms with Crippen LogP contribution in [0.15, 0.2) is 24.3 Å². The molecule has 2 rings (SSSR count). The van der Waals surface area contributed by atoms with Crippen molar-refractivity contribution in [3.63, 3.8) is 0 Å². The number of benzene rings is 1. The first-order valence-corrected chi connectivity index (χ1v) is 9.11. The monoisotopic (exact) mass is 310 g/mol. The molecule has 1 saturated carbocycles. The standard InChI is InChI=1S/C16H22O4S/c1-15(2,11-21(3,19)20)12-4-6-13(7-5-12)16(8-9-16)10-14(17)18/h4-7H,8-11H2,1-3H3,(H,17,18). The molecule has 0 unspecified atom stereocenters. The van der Waals surface area contributed by atoms with Gasteiger partial charge in [0.05, 0.1) is 12.2 Å². The summed E-state index contributed by atoms with van der Waals surface area (Å²) in [5, 5.41) is 9.00. The average Bonchev–Trinajstić information content (AvgIpc) is 3.06. The topological polar surface area (TPSA) is 71.4 Å². The third-order valence-electron chi connectivity index (χ3n) is 4.24. The van der Waals surface area contributed by atoms with Gasteiger partial charge in [-0.2, -0.15) is 0 Å². The fourth-order valence-corrected chi connectivity index (χ4v) is 4.50. The molecule has 1 aliphatic rings. The number of carboxylic acid groups (broad SMARTS) is 1. The van der Waals surface area contributed by atoms with E-state index in [-0.39, 0.29) is 17.6 Å². The van der Waals surface area contributed by atoms with Gasteiger partial charge in [0.25, 0.3) is 0 Å². The minimum absolute atomic E-state index is 0.0968. The summed E-state index contributed by atoms with van der Waals surface area (Å²) < 4.78 is 23.0. The molecule has 0 amide bonds. The van der Waals surface area contributed by atoms with Crippen molar-refractivity contribution in [3.05, 3.63) is 35.4 Å². The molecule has 0 atom stereocenters. The summed E-state index contributed by atoms with van der Waals surface area (Å²) in [5.74, 6) is -0.673. The Morgan fingerprint density at radius 2 is 1.76 bits per heavy atom. The largest absolute Gasteiger partial charge is 0.481 e. The minimum atomic E-state index is -3.05. The van der Waals surface area contributed by atoms with Crippen molar-refractivity contribution in [1.82, 2.24) is 0 Å². The summed E-state index contributed by atoms with van der Waals surface area (Å²) in [7, 11) is -3.05. The lowest BCUT2D eigenvalue weighted by molar-refractivity contribution is -0.137. The molecule has 1 aliphatic carbocycles. The predicted octanol–water partition coefficient (Wildman–Crippen LogP) is 2.52. The average molecular weight is 310 g/mol. The predicted molar refractivity (Wildman–Crippen MR) is 82.3 cm³/mol. The first-order valence-electron chi connectivity index (χ1n) is 7.05. The molecule has 1 aromatic carbocycles. The van der Waals surface area contributed by atoms with Crippen LogP contribution in [0.2, 0.25) is 0 Å². The van der Waals surface area contributed by atoms with Crippen molar-refractivity contribution < 1.29 is 18.3 Å². The van der Waals surface area contributed by atoms with Gasteiger partial charge < -0.3 is 5.11 Å². The van der Waals surface area contributed by atoms with Crippen molar-refractivity contribution in [3.8, 4) is 0 Å². The molecule has 4 nitrogen and oxygen atoms in total. The Hall–Kier alpha value is -1.36. The van der Waals surface area contributed by atoms with E-state index >= 15 is 0 Å². The molecular weight excluding hydrogens is 288 g/mol. The molecule has 1 aromatic rings. The molecule has 0 aromatic heterocycles. The summed E-state index contributed by atoms with van der Waals surface area (Å²) >= 11 is 0. The van der Waals surface area contributed by atoms with Crippen molar-refractivity contribution in [2.75, 3.05) is 12.0 Å². The lowest BCUT2D eigenvalue weighted by Gasteiger charge is -2.25. The van der Waals surface area contributed by atoms with Gasteiger partial charge in [-0.3, -0.25) is 4.79 Å². The van der Waals surface area contributed by atoms with Gasteiger partial charge in [0.2, 0.25) is 0 Å². The van der Waals surface area contributed by atoms with Crippen LogP contribution in [0.5, 0.6) is 0 Å². The second-order valence-corrected chi connectivity index (χ2v) is 9.02. The van der Waals surface area contributed by atoms with Crippen LogP contribution in [0.3, 0.4) is 0 Å². The molecule has 0 radical (unpaired) electrons. The van der Waals surface area contributed by atoms with Crippen LogP contribution >= 0.6 is 0 Å². The number of carbonyl (C=O) groups is 1. The van der Waals surface area contributed by atoms with Crippen LogP contribution in [-0.2, 0) is 25.5 Å². The Kier molecular flexibility index (Phi) is 3.91. The summed E-state index contributed by atoms with van der Waals surface area (Å²) in [4.78, 5) is 10.9. The molecule has 116 valence electrons. The van der Waals surface area contributed by atoms with E-state index in [1.165, 1.54) is 6.26 Å². The van der Waals surface area contributed by atoms with Crippen LogP contribution in [-0.4, -0.2) is 31.5 Å². The van der Waals surface area contributed by atoms with Crippen molar-refractivity contribution in [2.24, 2.45) is 0 Å². The van der Waals surface area contributed by atoms with Crippen molar-refractivity contribution in [2.45, 2.75) is 43.9 Å². The molecule has 0 aliphatic heterocycles. The van der Waals surface area contributed by atoms with E-state index in [9.17, 15) is 13.2 Å². The molecule has 1 N–H and O–H groups in total. The van der Waals surface area contributed by atoms with Gasteiger partial charge >= 0.3 is 5.97 Å². The molecular formula is C16H22O4S. The third kappa shape index (κ3) is 3.84. The normalized spacial score (nSPS) is 17.5.